The van der Waals surface area contributed by atoms with Gasteiger partial charge in [0.05, 0.1) is 6.20 Å². The van der Waals surface area contributed by atoms with E-state index in [4.69, 9.17) is 4.55 Å². The second-order valence-corrected chi connectivity index (χ2v) is 6.78. The SMILES string of the molecule is O=C(c1ccc(NS(=O)O)cc1)N1CCN(C(=O)c2cnns2)CC1. The summed E-state index contributed by atoms with van der Waals surface area (Å²) in [6, 6.07) is 6.33. The molecule has 2 N–H and O–H groups in total. The van der Waals surface area contributed by atoms with Gasteiger partial charge in [-0.25, -0.2) is 4.21 Å². The monoisotopic (exact) mass is 381 g/mol. The molecule has 0 aliphatic carbocycles. The molecule has 2 heterocycles. The van der Waals surface area contributed by atoms with E-state index in [9.17, 15) is 13.8 Å². The summed E-state index contributed by atoms with van der Waals surface area (Å²) < 4.78 is 25.5. The van der Waals surface area contributed by atoms with Crippen molar-refractivity contribution in [1.29, 1.82) is 0 Å². The standard InChI is InChI=1S/C14H15N5O4S2/c20-13(10-1-3-11(4-2-10)16-25(22)23)18-5-7-19(8-6-18)14(21)12-9-15-17-24-12/h1-4,9,16H,5-8H2,(H,22,23). The van der Waals surface area contributed by atoms with Gasteiger partial charge in [-0.15, -0.1) is 5.10 Å². The molecule has 1 saturated heterocycles. The third kappa shape index (κ3) is 4.18. The Morgan fingerprint density at radius 1 is 1.08 bits per heavy atom. The van der Waals surface area contributed by atoms with Crippen LogP contribution in [0.4, 0.5) is 5.69 Å². The molecule has 1 fully saturated rings. The van der Waals surface area contributed by atoms with Gasteiger partial charge in [0.1, 0.15) is 4.88 Å². The number of hydrogen-bond donors (Lipinski definition) is 2. The van der Waals surface area contributed by atoms with Crippen LogP contribution >= 0.6 is 11.5 Å². The van der Waals surface area contributed by atoms with E-state index >= 15 is 0 Å². The average Bonchev–Trinajstić information content (AvgIpc) is 3.15. The Bertz CT molecular complexity index is 773. The number of amides is 2. The summed E-state index contributed by atoms with van der Waals surface area (Å²) in [5, 5.41) is 3.66. The lowest BCUT2D eigenvalue weighted by atomic mass is 10.1. The molecule has 9 nitrogen and oxygen atoms in total. The van der Waals surface area contributed by atoms with Gasteiger partial charge in [0.15, 0.2) is 0 Å². The van der Waals surface area contributed by atoms with E-state index in [-0.39, 0.29) is 11.8 Å². The molecule has 0 bridgehead atoms. The Kier molecular flexibility index (Phi) is 5.36. The van der Waals surface area contributed by atoms with Gasteiger partial charge in [0.2, 0.25) is 0 Å². The summed E-state index contributed by atoms with van der Waals surface area (Å²) in [7, 11) is 0. The summed E-state index contributed by atoms with van der Waals surface area (Å²) in [6.07, 6.45) is 1.44. The molecule has 1 aromatic carbocycles. The Morgan fingerprint density at radius 2 is 1.68 bits per heavy atom. The number of hydrogen-bond acceptors (Lipinski definition) is 6. The van der Waals surface area contributed by atoms with Gasteiger partial charge >= 0.3 is 0 Å². The number of nitrogens with one attached hydrogen (secondary N) is 1. The predicted octanol–water partition coefficient (Wildman–Crippen LogP) is 0.685. The number of carbonyl (C=O) groups excluding carboxylic acids is 2. The molecule has 1 aliphatic heterocycles. The van der Waals surface area contributed by atoms with E-state index in [1.807, 2.05) is 0 Å². The topological polar surface area (TPSA) is 116 Å². The first-order valence-electron chi connectivity index (χ1n) is 7.38. The molecule has 11 heteroatoms. The van der Waals surface area contributed by atoms with E-state index in [1.54, 1.807) is 34.1 Å². The van der Waals surface area contributed by atoms with Gasteiger partial charge in [-0.2, -0.15) is 0 Å². The van der Waals surface area contributed by atoms with Crippen LogP contribution in [0.2, 0.25) is 0 Å². The first-order chi connectivity index (χ1) is 12.0. The molecule has 132 valence electrons. The van der Waals surface area contributed by atoms with Crippen LogP contribution in [-0.2, 0) is 11.3 Å². The normalized spacial score (nSPS) is 15.7. The molecule has 0 radical (unpaired) electrons. The maximum absolute atomic E-state index is 12.5. The van der Waals surface area contributed by atoms with Crippen molar-refractivity contribution in [2.75, 3.05) is 30.9 Å². The minimum Gasteiger partial charge on any atom is -0.335 e. The first-order valence-corrected chi connectivity index (χ1v) is 9.26. The van der Waals surface area contributed by atoms with Crippen molar-refractivity contribution in [2.45, 2.75) is 0 Å². The first kappa shape index (κ1) is 17.5. The largest absolute Gasteiger partial charge is 0.335 e. The van der Waals surface area contributed by atoms with E-state index < -0.39 is 11.3 Å². The van der Waals surface area contributed by atoms with Crippen molar-refractivity contribution in [3.63, 3.8) is 0 Å². The molecular weight excluding hydrogens is 366 g/mol. The predicted molar refractivity (Wildman–Crippen MR) is 92.6 cm³/mol. The minimum atomic E-state index is -2.15. The Morgan fingerprint density at radius 3 is 2.20 bits per heavy atom. The molecule has 2 aromatic rings. The summed E-state index contributed by atoms with van der Waals surface area (Å²) in [6.45, 7) is 1.78. The van der Waals surface area contributed by atoms with Crippen LogP contribution in [0.25, 0.3) is 0 Å². The number of aromatic nitrogens is 2. The lowest BCUT2D eigenvalue weighted by molar-refractivity contribution is 0.0538. The fourth-order valence-electron chi connectivity index (χ4n) is 2.49. The zero-order chi connectivity index (χ0) is 17.8. The van der Waals surface area contributed by atoms with Crippen LogP contribution in [-0.4, -0.2) is 66.1 Å². The average molecular weight is 381 g/mol. The molecule has 1 unspecified atom stereocenters. The van der Waals surface area contributed by atoms with Crippen molar-refractivity contribution >= 4 is 40.3 Å². The summed E-state index contributed by atoms with van der Waals surface area (Å²) in [5.74, 6) is -0.252. The highest BCUT2D eigenvalue weighted by Crippen LogP contribution is 2.15. The maximum Gasteiger partial charge on any atom is 0.267 e. The molecule has 1 aliphatic rings. The zero-order valence-corrected chi connectivity index (χ0v) is 14.6. The fourth-order valence-corrected chi connectivity index (χ4v) is 3.32. The number of piperazine rings is 1. The Balaban J connectivity index is 1.58. The van der Waals surface area contributed by atoms with Crippen molar-refractivity contribution in [2.24, 2.45) is 0 Å². The highest BCUT2D eigenvalue weighted by Gasteiger charge is 2.26. The fraction of sp³-hybridized carbons (Fsp3) is 0.286. The molecule has 2 amide bonds. The van der Waals surface area contributed by atoms with E-state index in [2.05, 4.69) is 14.3 Å². The third-order valence-electron chi connectivity index (χ3n) is 3.76. The second-order valence-electron chi connectivity index (χ2n) is 5.29. The lowest BCUT2D eigenvalue weighted by Crippen LogP contribution is -2.50. The molecule has 3 rings (SSSR count). The van der Waals surface area contributed by atoms with E-state index in [1.165, 1.54) is 6.20 Å². The summed E-state index contributed by atoms with van der Waals surface area (Å²) in [5.41, 5.74) is 0.937. The van der Waals surface area contributed by atoms with Crippen molar-refractivity contribution in [1.82, 2.24) is 19.4 Å². The van der Waals surface area contributed by atoms with Gasteiger partial charge in [0.25, 0.3) is 23.1 Å². The molecule has 0 saturated carbocycles. The van der Waals surface area contributed by atoms with Gasteiger partial charge in [-0.3, -0.25) is 18.9 Å². The highest BCUT2D eigenvalue weighted by molar-refractivity contribution is 7.80. The Labute approximate surface area is 150 Å². The highest BCUT2D eigenvalue weighted by atomic mass is 32.2. The van der Waals surface area contributed by atoms with Crippen LogP contribution in [0.1, 0.15) is 20.0 Å². The van der Waals surface area contributed by atoms with Gasteiger partial charge in [0, 0.05) is 37.4 Å². The van der Waals surface area contributed by atoms with Gasteiger partial charge in [-0.1, -0.05) is 4.49 Å². The number of benzene rings is 1. The van der Waals surface area contributed by atoms with Crippen LogP contribution in [0.15, 0.2) is 30.5 Å². The molecule has 1 atom stereocenters. The van der Waals surface area contributed by atoms with Crippen molar-refractivity contribution < 1.29 is 18.4 Å². The summed E-state index contributed by atoms with van der Waals surface area (Å²) in [4.78, 5) is 28.6. The smallest absolute Gasteiger partial charge is 0.267 e. The van der Waals surface area contributed by atoms with E-state index in [0.717, 1.165) is 11.5 Å². The van der Waals surface area contributed by atoms with Gasteiger partial charge < -0.3 is 9.80 Å². The molecule has 1 aromatic heterocycles. The minimum absolute atomic E-state index is 0.116. The van der Waals surface area contributed by atoms with Crippen LogP contribution in [0, 0.1) is 0 Å². The zero-order valence-electron chi connectivity index (χ0n) is 13.0. The second kappa shape index (κ2) is 7.68. The molecule has 0 spiro atoms. The number of nitrogens with zero attached hydrogens (tertiary/aromatic N) is 4. The number of anilines is 1. The third-order valence-corrected chi connectivity index (χ3v) is 4.83. The van der Waals surface area contributed by atoms with Crippen LogP contribution in [0.5, 0.6) is 0 Å². The van der Waals surface area contributed by atoms with Crippen molar-refractivity contribution in [3.05, 3.63) is 40.9 Å². The Hall–Kier alpha value is -2.37. The maximum atomic E-state index is 12.5. The van der Waals surface area contributed by atoms with Crippen LogP contribution in [0.3, 0.4) is 0 Å². The van der Waals surface area contributed by atoms with E-state index in [0.29, 0.717) is 42.3 Å². The number of carbonyl (C=O) groups is 2. The number of rotatable bonds is 4. The molecule has 25 heavy (non-hydrogen) atoms. The summed E-state index contributed by atoms with van der Waals surface area (Å²) >= 11 is -1.09. The molecular formula is C14H15N5O4S2. The van der Waals surface area contributed by atoms with Gasteiger partial charge in [-0.05, 0) is 35.8 Å². The quantitative estimate of drug-likeness (QED) is 0.753. The lowest BCUT2D eigenvalue weighted by Gasteiger charge is -2.34. The van der Waals surface area contributed by atoms with Crippen LogP contribution < -0.4 is 4.72 Å². The van der Waals surface area contributed by atoms with Crippen molar-refractivity contribution in [3.8, 4) is 0 Å².